The second-order valence-electron chi connectivity index (χ2n) is 6.88. The van der Waals surface area contributed by atoms with E-state index in [1.807, 2.05) is 0 Å². The van der Waals surface area contributed by atoms with Crippen molar-refractivity contribution in [2.45, 2.75) is 62.2 Å². The highest BCUT2D eigenvalue weighted by Gasteiger charge is 2.87. The van der Waals surface area contributed by atoms with E-state index in [1.165, 1.54) is 18.2 Å². The SMILES string of the molecule is CCCOc1ccccc1C(C)(CC(F)(F)C(F)(F)C(F)(F)C(F)(F)C(F)(F)F)OC. The number of methoxy groups -OCH3 is 1. The maximum Gasteiger partial charge on any atom is 0.460 e. The van der Waals surface area contributed by atoms with Gasteiger partial charge in [-0.3, -0.25) is 0 Å². The van der Waals surface area contributed by atoms with Crippen LogP contribution in [0.5, 0.6) is 5.75 Å². The highest BCUT2D eigenvalue weighted by atomic mass is 19.4. The minimum atomic E-state index is -7.46. The highest BCUT2D eigenvalue weighted by molar-refractivity contribution is 5.38. The van der Waals surface area contributed by atoms with Gasteiger partial charge in [-0.25, -0.2) is 0 Å². The van der Waals surface area contributed by atoms with Crippen LogP contribution in [0.1, 0.15) is 32.3 Å². The van der Waals surface area contributed by atoms with Crippen molar-refractivity contribution in [3.05, 3.63) is 29.8 Å². The lowest BCUT2D eigenvalue weighted by Gasteiger charge is -2.40. The number of benzene rings is 1. The van der Waals surface area contributed by atoms with Crippen LogP contribution < -0.4 is 4.74 Å². The van der Waals surface area contributed by atoms with Gasteiger partial charge in [0, 0.05) is 12.7 Å². The monoisotopic (exact) mass is 476 g/mol. The lowest BCUT2D eigenvalue weighted by molar-refractivity contribution is -0.424. The standard InChI is InChI=1S/C18H19F11O2/c1-4-9-31-12-8-6-5-7-11(12)13(2,30-3)10-14(19,20)15(21,22)16(23,24)17(25,26)18(27,28)29/h5-8H,4,9-10H2,1-3H3. The number of para-hydroxylation sites is 1. The van der Waals surface area contributed by atoms with E-state index < -0.39 is 41.9 Å². The van der Waals surface area contributed by atoms with Crippen LogP contribution in [-0.2, 0) is 10.3 Å². The molecule has 0 saturated carbocycles. The quantitative estimate of drug-likeness (QED) is 0.345. The molecule has 0 heterocycles. The molecular formula is C18H19F11O2. The molecule has 1 atom stereocenters. The zero-order chi connectivity index (χ0) is 24.5. The van der Waals surface area contributed by atoms with Crippen molar-refractivity contribution < 1.29 is 57.8 Å². The van der Waals surface area contributed by atoms with Gasteiger partial charge in [0.2, 0.25) is 0 Å². The molecule has 1 rings (SSSR count). The fraction of sp³-hybridized carbons (Fsp3) is 0.667. The summed E-state index contributed by atoms with van der Waals surface area (Å²) in [7, 11) is 0.743. The van der Waals surface area contributed by atoms with Gasteiger partial charge < -0.3 is 9.47 Å². The first-order valence-electron chi connectivity index (χ1n) is 8.68. The second kappa shape index (κ2) is 8.62. The van der Waals surface area contributed by atoms with E-state index in [0.29, 0.717) is 6.42 Å². The molecule has 31 heavy (non-hydrogen) atoms. The van der Waals surface area contributed by atoms with Crippen LogP contribution in [0, 0.1) is 0 Å². The van der Waals surface area contributed by atoms with E-state index in [4.69, 9.17) is 9.47 Å². The van der Waals surface area contributed by atoms with Gasteiger partial charge in [-0.05, 0) is 19.4 Å². The van der Waals surface area contributed by atoms with Crippen molar-refractivity contribution in [1.82, 2.24) is 0 Å². The summed E-state index contributed by atoms with van der Waals surface area (Å²) in [5.74, 6) is -28.2. The number of hydrogen-bond acceptors (Lipinski definition) is 2. The molecule has 13 heteroatoms. The van der Waals surface area contributed by atoms with Gasteiger partial charge in [-0.15, -0.1) is 0 Å². The molecule has 0 bridgehead atoms. The summed E-state index contributed by atoms with van der Waals surface area (Å²) in [5.41, 5.74) is -2.85. The number of ether oxygens (including phenoxy) is 2. The highest BCUT2D eigenvalue weighted by Crippen LogP contribution is 2.59. The number of alkyl halides is 11. The van der Waals surface area contributed by atoms with Crippen molar-refractivity contribution in [2.75, 3.05) is 13.7 Å². The molecule has 180 valence electrons. The lowest BCUT2D eigenvalue weighted by atomic mass is 9.84. The Morgan fingerprint density at radius 3 is 1.74 bits per heavy atom. The number of hydrogen-bond donors (Lipinski definition) is 0. The predicted molar refractivity (Wildman–Crippen MR) is 87.0 cm³/mol. The Labute approximate surface area is 170 Å². The molecule has 1 aromatic rings. The Bertz CT molecular complexity index is 746. The molecule has 0 fully saturated rings. The smallest absolute Gasteiger partial charge is 0.460 e. The van der Waals surface area contributed by atoms with Gasteiger partial charge in [-0.1, -0.05) is 25.1 Å². The van der Waals surface area contributed by atoms with Gasteiger partial charge in [0.15, 0.2) is 0 Å². The molecule has 0 N–H and O–H groups in total. The maximum atomic E-state index is 14.3. The van der Waals surface area contributed by atoms with Crippen molar-refractivity contribution in [2.24, 2.45) is 0 Å². The van der Waals surface area contributed by atoms with Gasteiger partial charge >= 0.3 is 29.9 Å². The number of rotatable bonds is 10. The minimum absolute atomic E-state index is 0.0409. The number of halogens is 11. The van der Waals surface area contributed by atoms with E-state index >= 15 is 0 Å². The van der Waals surface area contributed by atoms with Crippen molar-refractivity contribution in [1.29, 1.82) is 0 Å². The molecule has 0 aromatic heterocycles. The predicted octanol–water partition coefficient (Wildman–Crippen LogP) is 6.83. The molecular weight excluding hydrogens is 457 g/mol. The molecule has 1 unspecified atom stereocenters. The Morgan fingerprint density at radius 2 is 1.29 bits per heavy atom. The van der Waals surface area contributed by atoms with Gasteiger partial charge in [-0.2, -0.15) is 48.3 Å². The molecule has 2 nitrogen and oxygen atoms in total. The van der Waals surface area contributed by atoms with E-state index in [9.17, 15) is 48.3 Å². The average Bonchev–Trinajstić information content (AvgIpc) is 2.64. The van der Waals surface area contributed by atoms with Gasteiger partial charge in [0.05, 0.1) is 18.6 Å². The Balaban J connectivity index is 3.47. The summed E-state index contributed by atoms with van der Waals surface area (Å²) in [6.45, 7) is 2.47. The summed E-state index contributed by atoms with van der Waals surface area (Å²) in [6, 6.07) is 4.92. The normalized spacial score (nSPS) is 16.2. The Kier molecular flexibility index (Phi) is 7.58. The fourth-order valence-corrected chi connectivity index (χ4v) is 2.66. The van der Waals surface area contributed by atoms with Crippen LogP contribution >= 0.6 is 0 Å². The zero-order valence-electron chi connectivity index (χ0n) is 16.4. The van der Waals surface area contributed by atoms with Crippen LogP contribution in [0.3, 0.4) is 0 Å². The summed E-state index contributed by atoms with van der Waals surface area (Å²) >= 11 is 0. The van der Waals surface area contributed by atoms with Crippen molar-refractivity contribution >= 4 is 0 Å². The Morgan fingerprint density at radius 1 is 0.774 bits per heavy atom. The van der Waals surface area contributed by atoms with Crippen molar-refractivity contribution in [3.63, 3.8) is 0 Å². The first-order chi connectivity index (χ1) is 13.8. The summed E-state index contributed by atoms with van der Waals surface area (Å²) in [5, 5.41) is 0. The molecule has 1 aromatic carbocycles. The zero-order valence-corrected chi connectivity index (χ0v) is 16.4. The molecule has 0 radical (unpaired) electrons. The van der Waals surface area contributed by atoms with Gasteiger partial charge in [0.25, 0.3) is 0 Å². The molecule has 0 aliphatic carbocycles. The molecule has 0 amide bonds. The van der Waals surface area contributed by atoms with Crippen molar-refractivity contribution in [3.8, 4) is 5.75 Å². The molecule has 0 aliphatic heterocycles. The first-order valence-corrected chi connectivity index (χ1v) is 8.68. The average molecular weight is 476 g/mol. The van der Waals surface area contributed by atoms with Crippen LogP contribution in [0.4, 0.5) is 48.3 Å². The van der Waals surface area contributed by atoms with E-state index in [2.05, 4.69) is 0 Å². The third-order valence-electron chi connectivity index (χ3n) is 4.53. The molecule has 0 aliphatic rings. The summed E-state index contributed by atoms with van der Waals surface area (Å²) in [6.07, 6.45) is -9.13. The van der Waals surface area contributed by atoms with Crippen LogP contribution in [-0.4, -0.2) is 43.6 Å². The first kappa shape index (κ1) is 27.2. The van der Waals surface area contributed by atoms with E-state index in [0.717, 1.165) is 20.1 Å². The maximum absolute atomic E-state index is 14.3. The van der Waals surface area contributed by atoms with Crippen LogP contribution in [0.15, 0.2) is 24.3 Å². The lowest BCUT2D eigenvalue weighted by Crippen LogP contribution is -2.67. The molecule has 0 saturated heterocycles. The van der Waals surface area contributed by atoms with Crippen LogP contribution in [0.2, 0.25) is 0 Å². The minimum Gasteiger partial charge on any atom is -0.493 e. The fourth-order valence-electron chi connectivity index (χ4n) is 2.66. The largest absolute Gasteiger partial charge is 0.493 e. The van der Waals surface area contributed by atoms with Gasteiger partial charge in [0.1, 0.15) is 5.75 Å². The topological polar surface area (TPSA) is 18.5 Å². The van der Waals surface area contributed by atoms with E-state index in [-0.39, 0.29) is 17.9 Å². The van der Waals surface area contributed by atoms with Crippen LogP contribution in [0.25, 0.3) is 0 Å². The Hall–Kier alpha value is -1.79. The summed E-state index contributed by atoms with van der Waals surface area (Å²) < 4.78 is 156. The summed E-state index contributed by atoms with van der Waals surface area (Å²) in [4.78, 5) is 0. The third kappa shape index (κ3) is 4.70. The third-order valence-corrected chi connectivity index (χ3v) is 4.53. The second-order valence-corrected chi connectivity index (χ2v) is 6.88. The van der Waals surface area contributed by atoms with E-state index in [1.54, 1.807) is 6.92 Å². The molecule has 0 spiro atoms.